The van der Waals surface area contributed by atoms with Gasteiger partial charge in [0.15, 0.2) is 0 Å². The van der Waals surface area contributed by atoms with Crippen LogP contribution in [0.5, 0.6) is 0 Å². The maximum absolute atomic E-state index is 12.0. The highest BCUT2D eigenvalue weighted by Gasteiger charge is 2.10. The van der Waals surface area contributed by atoms with E-state index in [9.17, 15) is 4.79 Å². The third-order valence-corrected chi connectivity index (χ3v) is 3.76. The number of anilines is 2. The zero-order chi connectivity index (χ0) is 17.7. The van der Waals surface area contributed by atoms with Gasteiger partial charge in [-0.1, -0.05) is 23.7 Å². The highest BCUT2D eigenvalue weighted by Crippen LogP contribution is 2.19. The first kappa shape index (κ1) is 17.6. The van der Waals surface area contributed by atoms with Crippen molar-refractivity contribution in [2.45, 2.75) is 13.5 Å². The van der Waals surface area contributed by atoms with Crippen LogP contribution in [0.4, 0.5) is 16.3 Å². The molecule has 8 heteroatoms. The maximum atomic E-state index is 12.0. The molecule has 2 amide bonds. The molecule has 0 radical (unpaired) electrons. The number of pyridine rings is 1. The van der Waals surface area contributed by atoms with E-state index in [4.69, 9.17) is 27.5 Å². The molecule has 1 aromatic carbocycles. The fraction of sp³-hybridized carbons (Fsp3) is 0.188. The molecule has 1 aromatic heterocycles. The van der Waals surface area contributed by atoms with Gasteiger partial charge in [-0.05, 0) is 24.1 Å². The number of nitrogens with one attached hydrogen (secondary N) is 3. The summed E-state index contributed by atoms with van der Waals surface area (Å²) in [5, 5.41) is 13.5. The average Bonchev–Trinajstić information content (AvgIpc) is 2.54. The fourth-order valence-electron chi connectivity index (χ4n) is 2.06. The van der Waals surface area contributed by atoms with Crippen LogP contribution in [0.25, 0.3) is 0 Å². The normalized spacial score (nSPS) is 10.1. The van der Waals surface area contributed by atoms with Crippen LogP contribution in [0, 0.1) is 12.3 Å². The highest BCUT2D eigenvalue weighted by atomic mass is 35.5. The van der Waals surface area contributed by atoms with E-state index in [1.165, 1.54) is 19.4 Å². The van der Waals surface area contributed by atoms with Gasteiger partial charge in [-0.2, -0.15) is 0 Å². The van der Waals surface area contributed by atoms with E-state index in [2.05, 4.69) is 15.6 Å². The van der Waals surface area contributed by atoms with Crippen molar-refractivity contribution >= 4 is 35.0 Å². The topological polar surface area (TPSA) is 113 Å². The summed E-state index contributed by atoms with van der Waals surface area (Å²) in [5.41, 5.74) is 8.32. The van der Waals surface area contributed by atoms with E-state index < -0.39 is 6.03 Å². The number of amides is 2. The Morgan fingerprint density at radius 2 is 2.21 bits per heavy atom. The van der Waals surface area contributed by atoms with Crippen molar-refractivity contribution in [2.24, 2.45) is 0 Å². The lowest BCUT2D eigenvalue weighted by Crippen LogP contribution is -2.29. The van der Waals surface area contributed by atoms with Gasteiger partial charge in [-0.3, -0.25) is 10.7 Å². The van der Waals surface area contributed by atoms with Crippen LogP contribution in [0.3, 0.4) is 0 Å². The van der Waals surface area contributed by atoms with Crippen LogP contribution in [0.2, 0.25) is 5.02 Å². The van der Waals surface area contributed by atoms with Crippen LogP contribution < -0.4 is 16.4 Å². The van der Waals surface area contributed by atoms with Crippen molar-refractivity contribution in [1.82, 2.24) is 10.3 Å². The number of methoxy groups -OCH3 is 1. The largest absolute Gasteiger partial charge is 0.481 e. The number of nitrogens with zero attached hydrogens (tertiary/aromatic N) is 1. The first-order chi connectivity index (χ1) is 11.4. The molecular formula is C16H18ClN5O2. The van der Waals surface area contributed by atoms with Gasteiger partial charge >= 0.3 is 6.03 Å². The summed E-state index contributed by atoms with van der Waals surface area (Å²) in [6.07, 6.45) is 1.37. The summed E-state index contributed by atoms with van der Waals surface area (Å²) in [6.45, 7) is 2.21. The Hall–Kier alpha value is -2.80. The molecule has 0 saturated carbocycles. The van der Waals surface area contributed by atoms with Gasteiger partial charge in [0, 0.05) is 29.5 Å². The predicted molar refractivity (Wildman–Crippen MR) is 94.5 cm³/mol. The molecule has 0 atom stereocenters. The third-order valence-electron chi connectivity index (χ3n) is 3.41. The summed E-state index contributed by atoms with van der Waals surface area (Å²) in [5.74, 6) is 0.179. The highest BCUT2D eigenvalue weighted by molar-refractivity contribution is 6.31. The molecule has 0 bridgehead atoms. The number of halogens is 1. The molecule has 24 heavy (non-hydrogen) atoms. The molecule has 0 spiro atoms. The van der Waals surface area contributed by atoms with Gasteiger partial charge in [-0.15, -0.1) is 0 Å². The molecule has 0 aliphatic rings. The molecule has 7 nitrogen and oxygen atoms in total. The first-order valence-corrected chi connectivity index (χ1v) is 7.47. The van der Waals surface area contributed by atoms with Crippen molar-refractivity contribution in [3.63, 3.8) is 0 Å². The number of nitrogens with two attached hydrogens (primary N) is 1. The van der Waals surface area contributed by atoms with Crippen LogP contribution in [0.1, 0.15) is 16.7 Å². The minimum Gasteiger partial charge on any atom is -0.481 e. The number of carbonyl (C=O) groups excluding carboxylic acids is 1. The number of carbonyl (C=O) groups is 1. The summed E-state index contributed by atoms with van der Waals surface area (Å²) >= 11 is 6.12. The van der Waals surface area contributed by atoms with Gasteiger partial charge in [0.05, 0.1) is 12.7 Å². The molecule has 1 heterocycles. The average molecular weight is 348 g/mol. The number of benzene rings is 1. The predicted octanol–water partition coefficient (Wildman–Crippen LogP) is 2.92. The Morgan fingerprint density at radius 3 is 2.83 bits per heavy atom. The second kappa shape index (κ2) is 7.65. The van der Waals surface area contributed by atoms with Gasteiger partial charge in [0.2, 0.25) is 5.90 Å². The van der Waals surface area contributed by atoms with Gasteiger partial charge < -0.3 is 15.8 Å². The van der Waals surface area contributed by atoms with Gasteiger partial charge in [0.25, 0.3) is 0 Å². The SMILES string of the molecule is COC(=N)c1cnc(NC(=O)NCc2c(C)cccc2Cl)cc1N. The van der Waals surface area contributed by atoms with Crippen molar-refractivity contribution in [2.75, 3.05) is 18.2 Å². The first-order valence-electron chi connectivity index (χ1n) is 7.09. The summed E-state index contributed by atoms with van der Waals surface area (Å²) in [7, 11) is 1.37. The number of aryl methyl sites for hydroxylation is 1. The fourth-order valence-corrected chi connectivity index (χ4v) is 2.35. The monoisotopic (exact) mass is 347 g/mol. The smallest absolute Gasteiger partial charge is 0.320 e. The minimum absolute atomic E-state index is 0.0924. The molecule has 0 unspecified atom stereocenters. The number of hydrogen-bond donors (Lipinski definition) is 4. The standard InChI is InChI=1S/C16H18ClN5O2/c1-9-4-3-5-12(17)10(9)7-21-16(23)22-14-6-13(18)11(8-20-14)15(19)24-2/h3-6,8,19H,7H2,1-2H3,(H4,18,20,21,22,23). The van der Waals surface area contributed by atoms with E-state index >= 15 is 0 Å². The summed E-state index contributed by atoms with van der Waals surface area (Å²) < 4.78 is 4.80. The molecule has 0 aliphatic heterocycles. The quantitative estimate of drug-likeness (QED) is 0.503. The molecule has 2 rings (SSSR count). The van der Waals surface area contributed by atoms with Gasteiger partial charge in [0.1, 0.15) is 5.82 Å². The van der Waals surface area contributed by atoms with Crippen molar-refractivity contribution in [3.05, 3.63) is 52.2 Å². The molecular weight excluding hydrogens is 330 g/mol. The van der Waals surface area contributed by atoms with Crippen LogP contribution in [0.15, 0.2) is 30.5 Å². The lowest BCUT2D eigenvalue weighted by atomic mass is 10.1. The molecule has 0 aliphatic carbocycles. The van der Waals surface area contributed by atoms with E-state index in [1.54, 1.807) is 6.07 Å². The van der Waals surface area contributed by atoms with E-state index in [-0.39, 0.29) is 17.4 Å². The minimum atomic E-state index is -0.434. The van der Waals surface area contributed by atoms with Crippen LogP contribution in [-0.2, 0) is 11.3 Å². The molecule has 0 saturated heterocycles. The van der Waals surface area contributed by atoms with E-state index in [0.717, 1.165) is 11.1 Å². The number of ether oxygens (including phenoxy) is 1. The molecule has 2 aromatic rings. The third kappa shape index (κ3) is 4.14. The zero-order valence-corrected chi connectivity index (χ0v) is 14.1. The Balaban J connectivity index is 2.00. The second-order valence-electron chi connectivity index (χ2n) is 5.03. The van der Waals surface area contributed by atoms with Crippen molar-refractivity contribution < 1.29 is 9.53 Å². The number of hydrogen-bond acceptors (Lipinski definition) is 5. The summed E-state index contributed by atoms with van der Waals surface area (Å²) in [6, 6.07) is 6.58. The van der Waals surface area contributed by atoms with Gasteiger partial charge in [-0.25, -0.2) is 9.78 Å². The maximum Gasteiger partial charge on any atom is 0.320 e. The van der Waals surface area contributed by atoms with Crippen LogP contribution >= 0.6 is 11.6 Å². The van der Waals surface area contributed by atoms with Crippen molar-refractivity contribution in [3.8, 4) is 0 Å². The number of urea groups is 1. The number of nitrogen functional groups attached to an aromatic ring is 1. The van der Waals surface area contributed by atoms with E-state index in [1.807, 2.05) is 19.1 Å². The van der Waals surface area contributed by atoms with E-state index in [0.29, 0.717) is 17.1 Å². The lowest BCUT2D eigenvalue weighted by molar-refractivity contribution is 0.251. The number of aromatic nitrogens is 1. The molecule has 126 valence electrons. The summed E-state index contributed by atoms with van der Waals surface area (Å²) in [4.78, 5) is 16.0. The lowest BCUT2D eigenvalue weighted by Gasteiger charge is -2.11. The molecule has 5 N–H and O–H groups in total. The Labute approximate surface area is 144 Å². The Morgan fingerprint density at radius 1 is 1.46 bits per heavy atom. The zero-order valence-electron chi connectivity index (χ0n) is 13.3. The molecule has 0 fully saturated rings. The number of rotatable bonds is 4. The second-order valence-corrected chi connectivity index (χ2v) is 5.44. The Kier molecular flexibility index (Phi) is 5.59. The van der Waals surface area contributed by atoms with Crippen molar-refractivity contribution in [1.29, 1.82) is 5.41 Å². The van der Waals surface area contributed by atoms with Crippen LogP contribution in [-0.4, -0.2) is 24.0 Å². The Bertz CT molecular complexity index is 759.